The van der Waals surface area contributed by atoms with Gasteiger partial charge in [-0.05, 0) is 50.9 Å². The topological polar surface area (TPSA) is 29.9 Å². The number of aryl methyl sites for hydroxylation is 1. The first kappa shape index (κ1) is 15.0. The first-order valence-electron chi connectivity index (χ1n) is 7.87. The standard InChI is InChI=1S/C17H27N3/c1-5-10-18-11-9-17-19-15-12-14(6-2)7-8-16(15)20(17)13(3)4/h7-8,12-13,18H,5-6,9-11H2,1-4H3. The summed E-state index contributed by atoms with van der Waals surface area (Å²) in [5, 5.41) is 3.46. The summed E-state index contributed by atoms with van der Waals surface area (Å²) in [4.78, 5) is 4.86. The minimum absolute atomic E-state index is 0.452. The zero-order valence-corrected chi connectivity index (χ0v) is 13.2. The van der Waals surface area contributed by atoms with Crippen LogP contribution in [0, 0.1) is 0 Å². The van der Waals surface area contributed by atoms with Crippen LogP contribution in [-0.2, 0) is 12.8 Å². The van der Waals surface area contributed by atoms with Gasteiger partial charge < -0.3 is 9.88 Å². The van der Waals surface area contributed by atoms with Crippen molar-refractivity contribution in [2.24, 2.45) is 0 Å². The van der Waals surface area contributed by atoms with E-state index in [1.165, 1.54) is 23.3 Å². The van der Waals surface area contributed by atoms with E-state index in [-0.39, 0.29) is 0 Å². The Balaban J connectivity index is 2.29. The van der Waals surface area contributed by atoms with Gasteiger partial charge in [-0.2, -0.15) is 0 Å². The van der Waals surface area contributed by atoms with Gasteiger partial charge in [-0.3, -0.25) is 0 Å². The number of rotatable bonds is 7. The van der Waals surface area contributed by atoms with Crippen LogP contribution < -0.4 is 5.32 Å². The maximum absolute atomic E-state index is 4.86. The van der Waals surface area contributed by atoms with Gasteiger partial charge in [0.25, 0.3) is 0 Å². The third kappa shape index (κ3) is 3.21. The maximum atomic E-state index is 4.86. The minimum Gasteiger partial charge on any atom is -0.325 e. The fraction of sp³-hybridized carbons (Fsp3) is 0.588. The summed E-state index contributed by atoms with van der Waals surface area (Å²) >= 11 is 0. The van der Waals surface area contributed by atoms with E-state index >= 15 is 0 Å². The van der Waals surface area contributed by atoms with Crippen molar-refractivity contribution >= 4 is 11.0 Å². The third-order valence-electron chi connectivity index (χ3n) is 3.70. The molecule has 0 aliphatic carbocycles. The molecule has 0 aliphatic heterocycles. The Hall–Kier alpha value is -1.35. The Morgan fingerprint density at radius 3 is 2.65 bits per heavy atom. The Bertz CT molecular complexity index is 555. The molecule has 0 unspecified atom stereocenters. The Morgan fingerprint density at radius 2 is 2.00 bits per heavy atom. The van der Waals surface area contributed by atoms with E-state index < -0.39 is 0 Å². The summed E-state index contributed by atoms with van der Waals surface area (Å²) in [6.45, 7) is 10.9. The summed E-state index contributed by atoms with van der Waals surface area (Å²) in [5.74, 6) is 1.20. The molecule has 0 spiro atoms. The number of benzene rings is 1. The van der Waals surface area contributed by atoms with Crippen molar-refractivity contribution in [3.05, 3.63) is 29.6 Å². The minimum atomic E-state index is 0.452. The van der Waals surface area contributed by atoms with Crippen LogP contribution in [0.1, 0.15) is 51.5 Å². The Kier molecular flexibility index (Phi) is 5.18. The molecule has 0 radical (unpaired) electrons. The highest BCUT2D eigenvalue weighted by Crippen LogP contribution is 2.22. The van der Waals surface area contributed by atoms with Crippen LogP contribution >= 0.6 is 0 Å². The van der Waals surface area contributed by atoms with Crippen LogP contribution in [0.5, 0.6) is 0 Å². The number of hydrogen-bond acceptors (Lipinski definition) is 2. The monoisotopic (exact) mass is 273 g/mol. The van der Waals surface area contributed by atoms with Crippen LogP contribution in [0.4, 0.5) is 0 Å². The SMILES string of the molecule is CCCNCCc1nc2cc(CC)ccc2n1C(C)C. The smallest absolute Gasteiger partial charge is 0.111 e. The summed E-state index contributed by atoms with van der Waals surface area (Å²) < 4.78 is 2.38. The average molecular weight is 273 g/mol. The maximum Gasteiger partial charge on any atom is 0.111 e. The molecule has 1 aromatic heterocycles. The molecule has 0 bridgehead atoms. The molecular weight excluding hydrogens is 246 g/mol. The first-order chi connectivity index (χ1) is 9.67. The van der Waals surface area contributed by atoms with E-state index in [1.54, 1.807) is 0 Å². The molecule has 0 saturated carbocycles. The van der Waals surface area contributed by atoms with Gasteiger partial charge in [0.15, 0.2) is 0 Å². The number of aromatic nitrogens is 2. The molecule has 0 amide bonds. The molecule has 0 saturated heterocycles. The van der Waals surface area contributed by atoms with E-state index in [0.29, 0.717) is 6.04 Å². The summed E-state index contributed by atoms with van der Waals surface area (Å²) in [6, 6.07) is 7.14. The predicted molar refractivity (Wildman–Crippen MR) is 86.4 cm³/mol. The number of fused-ring (bicyclic) bond motifs is 1. The molecular formula is C17H27N3. The van der Waals surface area contributed by atoms with Gasteiger partial charge in [0.2, 0.25) is 0 Å². The molecule has 2 aromatic rings. The van der Waals surface area contributed by atoms with Crippen molar-refractivity contribution < 1.29 is 0 Å². The van der Waals surface area contributed by atoms with Crippen LogP contribution in [0.25, 0.3) is 11.0 Å². The van der Waals surface area contributed by atoms with Gasteiger partial charge in [-0.25, -0.2) is 4.98 Å². The molecule has 20 heavy (non-hydrogen) atoms. The third-order valence-corrected chi connectivity index (χ3v) is 3.70. The normalized spacial score (nSPS) is 11.7. The van der Waals surface area contributed by atoms with Crippen molar-refractivity contribution in [3.63, 3.8) is 0 Å². The molecule has 2 rings (SSSR count). The second kappa shape index (κ2) is 6.89. The number of nitrogens with one attached hydrogen (secondary N) is 1. The van der Waals surface area contributed by atoms with Gasteiger partial charge in [-0.15, -0.1) is 0 Å². The molecule has 3 heteroatoms. The van der Waals surface area contributed by atoms with Gasteiger partial charge in [0, 0.05) is 19.0 Å². The van der Waals surface area contributed by atoms with E-state index in [1.807, 2.05) is 0 Å². The quantitative estimate of drug-likeness (QED) is 0.779. The lowest BCUT2D eigenvalue weighted by Gasteiger charge is -2.13. The number of nitrogens with zero attached hydrogens (tertiary/aromatic N) is 2. The van der Waals surface area contributed by atoms with E-state index in [9.17, 15) is 0 Å². The average Bonchev–Trinajstić information content (AvgIpc) is 2.80. The van der Waals surface area contributed by atoms with Crippen molar-refractivity contribution in [1.82, 2.24) is 14.9 Å². The second-order valence-corrected chi connectivity index (χ2v) is 5.67. The van der Waals surface area contributed by atoms with Gasteiger partial charge in [0.05, 0.1) is 11.0 Å². The lowest BCUT2D eigenvalue weighted by molar-refractivity contribution is 0.568. The zero-order chi connectivity index (χ0) is 14.5. The molecule has 3 nitrogen and oxygen atoms in total. The molecule has 1 N–H and O–H groups in total. The van der Waals surface area contributed by atoms with Gasteiger partial charge in [-0.1, -0.05) is 19.9 Å². The lowest BCUT2D eigenvalue weighted by atomic mass is 10.1. The number of imidazole rings is 1. The van der Waals surface area contributed by atoms with Crippen molar-refractivity contribution in [1.29, 1.82) is 0 Å². The fourth-order valence-electron chi connectivity index (χ4n) is 2.67. The molecule has 1 heterocycles. The molecule has 0 aliphatic rings. The highest BCUT2D eigenvalue weighted by atomic mass is 15.1. The summed E-state index contributed by atoms with van der Waals surface area (Å²) in [6.07, 6.45) is 3.24. The van der Waals surface area contributed by atoms with E-state index in [0.717, 1.165) is 31.4 Å². The van der Waals surface area contributed by atoms with E-state index in [4.69, 9.17) is 4.98 Å². The van der Waals surface area contributed by atoms with Crippen LogP contribution in [0.3, 0.4) is 0 Å². The summed E-state index contributed by atoms with van der Waals surface area (Å²) in [5.41, 5.74) is 3.77. The Morgan fingerprint density at radius 1 is 1.20 bits per heavy atom. The fourth-order valence-corrected chi connectivity index (χ4v) is 2.67. The summed E-state index contributed by atoms with van der Waals surface area (Å²) in [7, 11) is 0. The van der Waals surface area contributed by atoms with E-state index in [2.05, 4.69) is 55.8 Å². The second-order valence-electron chi connectivity index (χ2n) is 5.67. The van der Waals surface area contributed by atoms with Gasteiger partial charge >= 0.3 is 0 Å². The Labute approximate surface area is 122 Å². The number of hydrogen-bond donors (Lipinski definition) is 1. The van der Waals surface area contributed by atoms with Crippen molar-refractivity contribution in [2.75, 3.05) is 13.1 Å². The molecule has 0 atom stereocenters. The van der Waals surface area contributed by atoms with Crippen LogP contribution in [-0.4, -0.2) is 22.6 Å². The van der Waals surface area contributed by atoms with Crippen LogP contribution in [0.15, 0.2) is 18.2 Å². The lowest BCUT2D eigenvalue weighted by Crippen LogP contribution is -2.20. The van der Waals surface area contributed by atoms with Crippen molar-refractivity contribution in [2.45, 2.75) is 53.0 Å². The molecule has 1 aromatic carbocycles. The first-order valence-corrected chi connectivity index (χ1v) is 7.87. The highest BCUT2D eigenvalue weighted by molar-refractivity contribution is 5.77. The van der Waals surface area contributed by atoms with Crippen LogP contribution in [0.2, 0.25) is 0 Å². The molecule has 0 fully saturated rings. The molecule has 110 valence electrons. The predicted octanol–water partition coefficient (Wildman–Crippen LogP) is 3.72. The highest BCUT2D eigenvalue weighted by Gasteiger charge is 2.13. The zero-order valence-electron chi connectivity index (χ0n) is 13.2. The van der Waals surface area contributed by atoms with Gasteiger partial charge in [0.1, 0.15) is 5.82 Å². The largest absolute Gasteiger partial charge is 0.325 e. The van der Waals surface area contributed by atoms with Crippen molar-refractivity contribution in [3.8, 4) is 0 Å².